The molecule has 0 aromatic heterocycles. The number of rotatable bonds is 0. The number of benzene rings is 2. The molecule has 0 radical (unpaired) electrons. The maximum absolute atomic E-state index is 3.33. The predicted octanol–water partition coefficient (Wildman–Crippen LogP) is 4.29. The van der Waals surface area contributed by atoms with Crippen LogP contribution in [0.15, 0.2) is 48.5 Å². The van der Waals surface area contributed by atoms with E-state index in [1.54, 1.807) is 0 Å². The number of aryl methyl sites for hydroxylation is 2. The van der Waals surface area contributed by atoms with Crippen molar-refractivity contribution in [3.05, 3.63) is 76.4 Å². The molecule has 0 bridgehead atoms. The minimum Gasteiger partial charge on any atom is -0.0637 e. The van der Waals surface area contributed by atoms with Gasteiger partial charge in [0.1, 0.15) is 0 Å². The number of allylic oxidation sites excluding steroid dienone is 2. The second-order valence-electron chi connectivity index (χ2n) is 4.99. The van der Waals surface area contributed by atoms with Gasteiger partial charge in [0.2, 0.25) is 0 Å². The first-order valence-electron chi connectivity index (χ1n) is 6.62. The van der Waals surface area contributed by atoms with Crippen LogP contribution in [-0.2, 0) is 6.42 Å². The van der Waals surface area contributed by atoms with Crippen LogP contribution in [-0.4, -0.2) is 0 Å². The maximum Gasteiger partial charge on any atom is 0.0290 e. The molecule has 0 heterocycles. The molecular formula is C19H16. The Morgan fingerprint density at radius 2 is 1.58 bits per heavy atom. The highest BCUT2D eigenvalue weighted by molar-refractivity contribution is 5.86. The van der Waals surface area contributed by atoms with Gasteiger partial charge >= 0.3 is 0 Å². The summed E-state index contributed by atoms with van der Waals surface area (Å²) in [5.74, 6) is 6.59. The summed E-state index contributed by atoms with van der Waals surface area (Å²) >= 11 is 0. The molecule has 0 fully saturated rings. The van der Waals surface area contributed by atoms with Crippen molar-refractivity contribution in [3.63, 3.8) is 0 Å². The molecule has 0 aliphatic heterocycles. The zero-order valence-electron chi connectivity index (χ0n) is 11.3. The summed E-state index contributed by atoms with van der Waals surface area (Å²) in [6, 6.07) is 14.6. The smallest absolute Gasteiger partial charge is 0.0290 e. The summed E-state index contributed by atoms with van der Waals surface area (Å²) in [5, 5.41) is 0. The van der Waals surface area contributed by atoms with Gasteiger partial charge in [-0.15, -0.1) is 0 Å². The summed E-state index contributed by atoms with van der Waals surface area (Å²) in [7, 11) is 0. The molecule has 2 aromatic rings. The van der Waals surface area contributed by atoms with Crippen LogP contribution < -0.4 is 0 Å². The Morgan fingerprint density at radius 3 is 2.37 bits per heavy atom. The Bertz CT molecular complexity index is 707. The summed E-state index contributed by atoms with van der Waals surface area (Å²) in [5.41, 5.74) is 7.74. The van der Waals surface area contributed by atoms with Gasteiger partial charge in [0.05, 0.1) is 0 Å². The molecule has 0 unspecified atom stereocenters. The molecule has 1 aliphatic rings. The predicted molar refractivity (Wildman–Crippen MR) is 80.9 cm³/mol. The Labute approximate surface area is 114 Å². The zero-order valence-corrected chi connectivity index (χ0v) is 11.3. The summed E-state index contributed by atoms with van der Waals surface area (Å²) in [4.78, 5) is 0. The van der Waals surface area contributed by atoms with Crippen LogP contribution in [0.5, 0.6) is 0 Å². The largest absolute Gasteiger partial charge is 0.0637 e. The van der Waals surface area contributed by atoms with E-state index in [-0.39, 0.29) is 0 Å². The minimum absolute atomic E-state index is 1.02. The number of hydrogen-bond acceptors (Lipinski definition) is 0. The van der Waals surface area contributed by atoms with Gasteiger partial charge in [-0.25, -0.2) is 0 Å². The third-order valence-corrected chi connectivity index (χ3v) is 3.65. The van der Waals surface area contributed by atoms with Crippen LogP contribution >= 0.6 is 0 Å². The van der Waals surface area contributed by atoms with E-state index in [4.69, 9.17) is 0 Å². The summed E-state index contributed by atoms with van der Waals surface area (Å²) in [6.45, 7) is 4.35. The molecule has 0 heteroatoms. The van der Waals surface area contributed by atoms with Gasteiger partial charge in [0.15, 0.2) is 0 Å². The third kappa shape index (κ3) is 2.20. The van der Waals surface area contributed by atoms with Crippen molar-refractivity contribution in [1.29, 1.82) is 0 Å². The highest BCUT2D eigenvalue weighted by Crippen LogP contribution is 2.32. The third-order valence-electron chi connectivity index (χ3n) is 3.65. The van der Waals surface area contributed by atoms with E-state index in [0.29, 0.717) is 0 Å². The molecule has 92 valence electrons. The van der Waals surface area contributed by atoms with E-state index in [9.17, 15) is 0 Å². The molecule has 2 aromatic carbocycles. The van der Waals surface area contributed by atoms with E-state index in [1.807, 2.05) is 30.3 Å². The minimum atomic E-state index is 1.02. The molecule has 0 amide bonds. The van der Waals surface area contributed by atoms with Crippen molar-refractivity contribution in [3.8, 4) is 11.8 Å². The van der Waals surface area contributed by atoms with Crippen LogP contribution in [0.2, 0.25) is 0 Å². The van der Waals surface area contributed by atoms with Crippen molar-refractivity contribution in [2.75, 3.05) is 0 Å². The molecule has 0 atom stereocenters. The molecule has 19 heavy (non-hydrogen) atoms. The molecule has 0 nitrogen and oxygen atoms in total. The topological polar surface area (TPSA) is 0 Å². The normalized spacial score (nSPS) is 12.4. The Kier molecular flexibility index (Phi) is 2.97. The summed E-state index contributed by atoms with van der Waals surface area (Å²) in [6.07, 6.45) is 3.27. The van der Waals surface area contributed by atoms with Crippen molar-refractivity contribution >= 4 is 5.57 Å². The van der Waals surface area contributed by atoms with Crippen LogP contribution in [0, 0.1) is 25.7 Å². The second-order valence-corrected chi connectivity index (χ2v) is 4.99. The van der Waals surface area contributed by atoms with Gasteiger partial charge in [-0.05, 0) is 54.7 Å². The fourth-order valence-electron chi connectivity index (χ4n) is 2.59. The summed E-state index contributed by atoms with van der Waals surface area (Å²) < 4.78 is 0. The molecular weight excluding hydrogens is 228 g/mol. The first kappa shape index (κ1) is 11.8. The fraction of sp³-hybridized carbons (Fsp3) is 0.158. The molecule has 0 saturated heterocycles. The molecule has 0 N–H and O–H groups in total. The van der Waals surface area contributed by atoms with Crippen LogP contribution in [0.3, 0.4) is 0 Å². The van der Waals surface area contributed by atoms with E-state index < -0.39 is 0 Å². The highest BCUT2D eigenvalue weighted by atomic mass is 14.2. The molecule has 0 saturated carbocycles. The Morgan fingerprint density at radius 1 is 0.842 bits per heavy atom. The SMILES string of the molecule is Cc1ccc(C)c2c1CC=C2C#Cc1ccccc1. The van der Waals surface area contributed by atoms with Crippen LogP contribution in [0.1, 0.15) is 27.8 Å². The van der Waals surface area contributed by atoms with Gasteiger partial charge in [-0.3, -0.25) is 0 Å². The second kappa shape index (κ2) is 4.78. The number of hydrogen-bond donors (Lipinski definition) is 0. The average molecular weight is 244 g/mol. The molecule has 1 aliphatic carbocycles. The van der Waals surface area contributed by atoms with Gasteiger partial charge in [-0.1, -0.05) is 48.2 Å². The molecule has 0 spiro atoms. The fourth-order valence-corrected chi connectivity index (χ4v) is 2.59. The molecule has 3 rings (SSSR count). The Hall–Kier alpha value is -2.26. The first-order valence-corrected chi connectivity index (χ1v) is 6.62. The van der Waals surface area contributed by atoms with Crippen LogP contribution in [0.25, 0.3) is 5.57 Å². The van der Waals surface area contributed by atoms with Gasteiger partial charge in [-0.2, -0.15) is 0 Å². The Balaban J connectivity index is 2.00. The highest BCUT2D eigenvalue weighted by Gasteiger charge is 2.16. The van der Waals surface area contributed by atoms with Crippen molar-refractivity contribution in [2.45, 2.75) is 20.3 Å². The lowest BCUT2D eigenvalue weighted by atomic mass is 9.96. The number of fused-ring (bicyclic) bond motifs is 1. The first-order chi connectivity index (χ1) is 9.25. The standard InChI is InChI=1S/C19H16/c1-14-8-9-15(2)19-17(12-13-18(14)19)11-10-16-6-4-3-5-7-16/h3-9,12H,13H2,1-2H3. The van der Waals surface area contributed by atoms with Crippen molar-refractivity contribution < 1.29 is 0 Å². The lowest BCUT2D eigenvalue weighted by molar-refractivity contribution is 1.22. The van der Waals surface area contributed by atoms with E-state index in [1.165, 1.54) is 27.8 Å². The van der Waals surface area contributed by atoms with Gasteiger partial charge in [0.25, 0.3) is 0 Å². The van der Waals surface area contributed by atoms with E-state index >= 15 is 0 Å². The zero-order chi connectivity index (χ0) is 13.2. The average Bonchev–Trinajstić information content (AvgIpc) is 2.87. The van der Waals surface area contributed by atoms with Gasteiger partial charge in [0, 0.05) is 11.1 Å². The quantitative estimate of drug-likeness (QED) is 0.606. The van der Waals surface area contributed by atoms with E-state index in [0.717, 1.165) is 12.0 Å². The van der Waals surface area contributed by atoms with E-state index in [2.05, 4.69) is 43.9 Å². The lowest BCUT2D eigenvalue weighted by Gasteiger charge is -2.08. The maximum atomic E-state index is 3.33. The monoisotopic (exact) mass is 244 g/mol. The van der Waals surface area contributed by atoms with Gasteiger partial charge < -0.3 is 0 Å². The lowest BCUT2D eigenvalue weighted by Crippen LogP contribution is -1.92. The van der Waals surface area contributed by atoms with Crippen molar-refractivity contribution in [1.82, 2.24) is 0 Å². The van der Waals surface area contributed by atoms with Crippen molar-refractivity contribution in [2.24, 2.45) is 0 Å². The van der Waals surface area contributed by atoms with Crippen LogP contribution in [0.4, 0.5) is 0 Å².